The van der Waals surface area contributed by atoms with E-state index in [0.29, 0.717) is 13.1 Å². The summed E-state index contributed by atoms with van der Waals surface area (Å²) in [6.45, 7) is 1.35. The number of carbonyl (C=O) groups is 1. The number of sulfone groups is 1. The molecule has 0 unspecified atom stereocenters. The van der Waals surface area contributed by atoms with E-state index in [-0.39, 0.29) is 10.8 Å². The van der Waals surface area contributed by atoms with Gasteiger partial charge in [-0.25, -0.2) is 8.42 Å². The summed E-state index contributed by atoms with van der Waals surface area (Å²) in [6.07, 6.45) is 1.92. The molecule has 4 nitrogen and oxygen atoms in total. The highest BCUT2D eigenvalue weighted by molar-refractivity contribution is 9.10. The van der Waals surface area contributed by atoms with Crippen LogP contribution in [0.3, 0.4) is 0 Å². The van der Waals surface area contributed by atoms with E-state index < -0.39 is 15.6 Å². The number of hydrogen-bond donors (Lipinski definition) is 0. The molecule has 98 valence electrons. The van der Waals surface area contributed by atoms with Gasteiger partial charge in [0.15, 0.2) is 9.84 Å². The molecular weight excluding hydrogens is 318 g/mol. The van der Waals surface area contributed by atoms with Crippen molar-refractivity contribution >= 4 is 31.7 Å². The van der Waals surface area contributed by atoms with E-state index in [1.165, 1.54) is 12.1 Å². The summed E-state index contributed by atoms with van der Waals surface area (Å²) in [5.41, 5.74) is 0. The van der Waals surface area contributed by atoms with Gasteiger partial charge in [-0.05, 0) is 37.1 Å². The number of likely N-dealkylation sites (tertiary alicyclic amines) is 1. The summed E-state index contributed by atoms with van der Waals surface area (Å²) in [7, 11) is -3.53. The van der Waals surface area contributed by atoms with Gasteiger partial charge in [-0.3, -0.25) is 4.79 Å². The topological polar surface area (TPSA) is 54.5 Å². The van der Waals surface area contributed by atoms with Crippen molar-refractivity contribution < 1.29 is 13.2 Å². The van der Waals surface area contributed by atoms with Crippen molar-refractivity contribution in [3.05, 3.63) is 28.7 Å². The van der Waals surface area contributed by atoms with Crippen LogP contribution in [0.2, 0.25) is 0 Å². The van der Waals surface area contributed by atoms with Crippen LogP contribution >= 0.6 is 15.9 Å². The molecule has 1 aromatic rings. The van der Waals surface area contributed by atoms with Crippen molar-refractivity contribution in [3.63, 3.8) is 0 Å². The SMILES string of the molecule is O=C(CS(=O)(=O)c1ccc(Br)cc1)N1CCCC1. The number of carbonyl (C=O) groups excluding carboxylic acids is 1. The summed E-state index contributed by atoms with van der Waals surface area (Å²) in [5.74, 6) is -0.732. The fourth-order valence-corrected chi connectivity index (χ4v) is 3.44. The van der Waals surface area contributed by atoms with Crippen LogP contribution in [-0.2, 0) is 14.6 Å². The molecule has 1 heterocycles. The van der Waals surface area contributed by atoms with Gasteiger partial charge in [-0.2, -0.15) is 0 Å². The Bertz CT molecular complexity index is 533. The van der Waals surface area contributed by atoms with Crippen molar-refractivity contribution in [2.24, 2.45) is 0 Å². The van der Waals surface area contributed by atoms with Crippen molar-refractivity contribution in [2.75, 3.05) is 18.8 Å². The zero-order valence-corrected chi connectivity index (χ0v) is 12.2. The van der Waals surface area contributed by atoms with Crippen LogP contribution in [0, 0.1) is 0 Å². The minimum atomic E-state index is -3.53. The second kappa shape index (κ2) is 5.40. The molecule has 18 heavy (non-hydrogen) atoms. The maximum atomic E-state index is 12.0. The molecule has 0 saturated carbocycles. The molecule has 0 spiro atoms. The van der Waals surface area contributed by atoms with Crippen LogP contribution in [0.1, 0.15) is 12.8 Å². The molecule has 0 bridgehead atoms. The van der Waals surface area contributed by atoms with E-state index in [1.807, 2.05) is 0 Å². The predicted octanol–water partition coefficient (Wildman–Crippen LogP) is 1.85. The third-order valence-corrected chi connectivity index (χ3v) is 5.09. The fraction of sp³-hybridized carbons (Fsp3) is 0.417. The zero-order chi connectivity index (χ0) is 13.2. The van der Waals surface area contributed by atoms with Crippen molar-refractivity contribution in [2.45, 2.75) is 17.7 Å². The Kier molecular flexibility index (Phi) is 4.07. The number of amides is 1. The zero-order valence-electron chi connectivity index (χ0n) is 9.80. The van der Waals surface area contributed by atoms with Crippen LogP contribution in [-0.4, -0.2) is 38.1 Å². The van der Waals surface area contributed by atoms with Crippen molar-refractivity contribution in [1.82, 2.24) is 4.90 Å². The molecule has 1 fully saturated rings. The van der Waals surface area contributed by atoms with E-state index in [1.54, 1.807) is 17.0 Å². The van der Waals surface area contributed by atoms with Crippen LogP contribution in [0.4, 0.5) is 0 Å². The number of benzene rings is 1. The van der Waals surface area contributed by atoms with Gasteiger partial charge in [0.25, 0.3) is 0 Å². The van der Waals surface area contributed by atoms with Gasteiger partial charge < -0.3 is 4.90 Å². The van der Waals surface area contributed by atoms with Gasteiger partial charge in [-0.1, -0.05) is 15.9 Å². The molecule has 1 aliphatic rings. The lowest BCUT2D eigenvalue weighted by Gasteiger charge is -2.15. The normalized spacial score (nSPS) is 15.9. The Morgan fingerprint density at radius 2 is 1.72 bits per heavy atom. The van der Waals surface area contributed by atoms with E-state index in [4.69, 9.17) is 0 Å². The highest BCUT2D eigenvalue weighted by atomic mass is 79.9. The molecule has 0 atom stereocenters. The summed E-state index contributed by atoms with van der Waals surface area (Å²) >= 11 is 3.25. The average molecular weight is 332 g/mol. The second-order valence-electron chi connectivity index (χ2n) is 4.30. The smallest absolute Gasteiger partial charge is 0.238 e. The summed E-state index contributed by atoms with van der Waals surface area (Å²) in [5, 5.41) is 0. The Balaban J connectivity index is 2.11. The van der Waals surface area contributed by atoms with Crippen LogP contribution in [0.25, 0.3) is 0 Å². The lowest BCUT2D eigenvalue weighted by atomic mass is 10.4. The lowest BCUT2D eigenvalue weighted by Crippen LogP contribution is -2.33. The first kappa shape index (κ1) is 13.5. The van der Waals surface area contributed by atoms with Gasteiger partial charge in [0.05, 0.1) is 4.90 Å². The summed E-state index contributed by atoms with van der Waals surface area (Å²) < 4.78 is 24.9. The summed E-state index contributed by atoms with van der Waals surface area (Å²) in [4.78, 5) is 13.7. The number of halogens is 1. The minimum Gasteiger partial charge on any atom is -0.342 e. The molecule has 0 aromatic heterocycles. The quantitative estimate of drug-likeness (QED) is 0.849. The Morgan fingerprint density at radius 1 is 1.17 bits per heavy atom. The minimum absolute atomic E-state index is 0.193. The molecule has 1 saturated heterocycles. The monoisotopic (exact) mass is 331 g/mol. The predicted molar refractivity (Wildman–Crippen MR) is 72.0 cm³/mol. The van der Waals surface area contributed by atoms with Crippen LogP contribution in [0.5, 0.6) is 0 Å². The van der Waals surface area contributed by atoms with Gasteiger partial charge in [-0.15, -0.1) is 0 Å². The van der Waals surface area contributed by atoms with Gasteiger partial charge in [0, 0.05) is 17.6 Å². The Morgan fingerprint density at radius 3 is 2.28 bits per heavy atom. The molecule has 6 heteroatoms. The highest BCUT2D eigenvalue weighted by Gasteiger charge is 2.25. The van der Waals surface area contributed by atoms with Gasteiger partial charge >= 0.3 is 0 Å². The molecule has 0 aliphatic carbocycles. The van der Waals surface area contributed by atoms with E-state index in [0.717, 1.165) is 17.3 Å². The lowest BCUT2D eigenvalue weighted by molar-refractivity contribution is -0.127. The molecule has 0 N–H and O–H groups in total. The Hall–Kier alpha value is -0.880. The largest absolute Gasteiger partial charge is 0.342 e. The summed E-state index contributed by atoms with van der Waals surface area (Å²) in [6, 6.07) is 6.34. The third kappa shape index (κ3) is 3.11. The maximum absolute atomic E-state index is 12.0. The average Bonchev–Trinajstić information content (AvgIpc) is 2.82. The molecule has 1 aromatic carbocycles. The number of rotatable bonds is 3. The first-order valence-corrected chi connectivity index (χ1v) is 8.20. The molecule has 1 amide bonds. The maximum Gasteiger partial charge on any atom is 0.238 e. The number of hydrogen-bond acceptors (Lipinski definition) is 3. The standard InChI is InChI=1S/C12H14BrNO3S/c13-10-3-5-11(6-4-10)18(16,17)9-12(15)14-7-1-2-8-14/h3-6H,1-2,7-9H2. The van der Waals surface area contributed by atoms with Crippen LogP contribution < -0.4 is 0 Å². The van der Waals surface area contributed by atoms with Crippen LogP contribution in [0.15, 0.2) is 33.6 Å². The fourth-order valence-electron chi connectivity index (χ4n) is 1.95. The molecule has 2 rings (SSSR count). The first-order chi connectivity index (χ1) is 8.49. The molecule has 0 radical (unpaired) electrons. The molecule has 1 aliphatic heterocycles. The van der Waals surface area contributed by atoms with Crippen molar-refractivity contribution in [1.29, 1.82) is 0 Å². The number of nitrogens with zero attached hydrogens (tertiary/aromatic N) is 1. The van der Waals surface area contributed by atoms with Gasteiger partial charge in [0.2, 0.25) is 5.91 Å². The van der Waals surface area contributed by atoms with Gasteiger partial charge in [0.1, 0.15) is 5.75 Å². The molecular formula is C12H14BrNO3S. The van der Waals surface area contributed by atoms with Crippen molar-refractivity contribution in [3.8, 4) is 0 Å². The van der Waals surface area contributed by atoms with E-state index in [9.17, 15) is 13.2 Å². The second-order valence-corrected chi connectivity index (χ2v) is 7.21. The van der Waals surface area contributed by atoms with E-state index in [2.05, 4.69) is 15.9 Å². The van der Waals surface area contributed by atoms with E-state index >= 15 is 0 Å². The highest BCUT2D eigenvalue weighted by Crippen LogP contribution is 2.17. The first-order valence-electron chi connectivity index (χ1n) is 5.75. The Labute approximate surface area is 115 Å². The third-order valence-electron chi connectivity index (χ3n) is 2.95.